The Morgan fingerprint density at radius 1 is 0.920 bits per heavy atom. The van der Waals surface area contributed by atoms with Crippen LogP contribution in [0.4, 0.5) is 5.69 Å². The summed E-state index contributed by atoms with van der Waals surface area (Å²) in [5.74, 6) is 0. The standard InChI is InChI=1S/C21H16N3.ClH/c22-13-19-18-6-3-11-24(21(18)10-9-20(19)23)14-15-7-8-16-4-1-2-5-17(16)12-15;/h1-12H,14,23H2;1H/q+1;/p-1. The fourth-order valence-electron chi connectivity index (χ4n) is 3.16. The van der Waals surface area contributed by atoms with E-state index < -0.39 is 0 Å². The highest BCUT2D eigenvalue weighted by atomic mass is 35.5. The molecular weight excluding hydrogens is 330 g/mol. The SMILES string of the molecule is N#Cc1c(N)ccc2c1ccc[n+]2Cc1ccc2ccccc2c1.[Cl-]. The van der Waals surface area contributed by atoms with Gasteiger partial charge in [-0.3, -0.25) is 0 Å². The molecule has 0 aliphatic heterocycles. The van der Waals surface area contributed by atoms with E-state index in [9.17, 15) is 5.26 Å². The van der Waals surface area contributed by atoms with Crippen molar-refractivity contribution < 1.29 is 17.0 Å². The van der Waals surface area contributed by atoms with E-state index in [-0.39, 0.29) is 12.4 Å². The second-order valence-corrected chi connectivity index (χ2v) is 5.89. The largest absolute Gasteiger partial charge is 1.00 e. The molecule has 0 radical (unpaired) electrons. The Kier molecular flexibility index (Phi) is 4.56. The van der Waals surface area contributed by atoms with Gasteiger partial charge < -0.3 is 18.1 Å². The molecule has 0 atom stereocenters. The van der Waals surface area contributed by atoms with Crippen molar-refractivity contribution in [3.05, 3.63) is 84.1 Å². The molecule has 0 unspecified atom stereocenters. The monoisotopic (exact) mass is 345 g/mol. The van der Waals surface area contributed by atoms with Gasteiger partial charge in [0, 0.05) is 17.7 Å². The number of hydrogen-bond donors (Lipinski definition) is 1. The van der Waals surface area contributed by atoms with Gasteiger partial charge in [0.2, 0.25) is 5.52 Å². The molecule has 0 saturated carbocycles. The second kappa shape index (κ2) is 6.80. The van der Waals surface area contributed by atoms with Gasteiger partial charge in [-0.1, -0.05) is 36.4 Å². The van der Waals surface area contributed by atoms with Gasteiger partial charge in [0.15, 0.2) is 12.7 Å². The molecule has 2 N–H and O–H groups in total. The fraction of sp³-hybridized carbons (Fsp3) is 0.0476. The van der Waals surface area contributed by atoms with Crippen LogP contribution in [-0.4, -0.2) is 0 Å². The third-order valence-electron chi connectivity index (χ3n) is 4.37. The maximum atomic E-state index is 9.38. The summed E-state index contributed by atoms with van der Waals surface area (Å²) in [4.78, 5) is 0. The van der Waals surface area contributed by atoms with Crippen molar-refractivity contribution in [1.29, 1.82) is 5.26 Å². The van der Waals surface area contributed by atoms with Crippen LogP contribution in [-0.2, 0) is 6.54 Å². The lowest BCUT2D eigenvalue weighted by Crippen LogP contribution is -3.00. The zero-order valence-electron chi connectivity index (χ0n) is 13.5. The van der Waals surface area contributed by atoms with Gasteiger partial charge in [0.1, 0.15) is 6.07 Å². The van der Waals surface area contributed by atoms with Crippen LogP contribution in [0.25, 0.3) is 21.7 Å². The summed E-state index contributed by atoms with van der Waals surface area (Å²) in [6.45, 7) is 0.747. The maximum absolute atomic E-state index is 9.38. The third kappa shape index (κ3) is 3.00. The Balaban J connectivity index is 0.00000182. The van der Waals surface area contributed by atoms with E-state index in [1.807, 2.05) is 24.4 Å². The van der Waals surface area contributed by atoms with Gasteiger partial charge in [-0.2, -0.15) is 9.83 Å². The van der Waals surface area contributed by atoms with E-state index in [0.29, 0.717) is 11.3 Å². The van der Waals surface area contributed by atoms with Crippen molar-refractivity contribution in [1.82, 2.24) is 0 Å². The highest BCUT2D eigenvalue weighted by molar-refractivity contribution is 5.87. The number of hydrogen-bond acceptors (Lipinski definition) is 2. The zero-order chi connectivity index (χ0) is 16.5. The molecule has 0 spiro atoms. The Morgan fingerprint density at radius 2 is 1.72 bits per heavy atom. The second-order valence-electron chi connectivity index (χ2n) is 5.89. The summed E-state index contributed by atoms with van der Waals surface area (Å²) in [7, 11) is 0. The first kappa shape index (κ1) is 16.8. The average Bonchev–Trinajstić information content (AvgIpc) is 2.62. The van der Waals surface area contributed by atoms with E-state index in [1.165, 1.54) is 16.3 Å². The van der Waals surface area contributed by atoms with E-state index in [4.69, 9.17) is 5.73 Å². The first-order chi connectivity index (χ1) is 11.8. The molecule has 0 saturated heterocycles. The number of aromatic nitrogens is 1. The lowest BCUT2D eigenvalue weighted by molar-refractivity contribution is -0.662. The summed E-state index contributed by atoms with van der Waals surface area (Å²) >= 11 is 0. The Labute approximate surface area is 152 Å². The van der Waals surface area contributed by atoms with Crippen molar-refractivity contribution in [2.75, 3.05) is 5.73 Å². The first-order valence-electron chi connectivity index (χ1n) is 7.85. The quantitative estimate of drug-likeness (QED) is 0.431. The number of nitriles is 1. The van der Waals surface area contributed by atoms with Gasteiger partial charge >= 0.3 is 0 Å². The lowest BCUT2D eigenvalue weighted by atomic mass is 10.1. The van der Waals surface area contributed by atoms with Crippen molar-refractivity contribution in [2.24, 2.45) is 0 Å². The van der Waals surface area contributed by atoms with Gasteiger partial charge in [-0.25, -0.2) is 0 Å². The Bertz CT molecular complexity index is 1110. The normalized spacial score (nSPS) is 10.4. The van der Waals surface area contributed by atoms with Crippen LogP contribution < -0.4 is 22.7 Å². The molecule has 0 aliphatic rings. The molecule has 4 rings (SSSR count). The van der Waals surface area contributed by atoms with Crippen LogP contribution in [0.1, 0.15) is 11.1 Å². The molecule has 3 nitrogen and oxygen atoms in total. The number of benzene rings is 3. The fourth-order valence-corrected chi connectivity index (χ4v) is 3.16. The summed E-state index contributed by atoms with van der Waals surface area (Å²) in [6.07, 6.45) is 2.04. The highest BCUT2D eigenvalue weighted by Crippen LogP contribution is 2.21. The molecule has 0 aliphatic carbocycles. The molecule has 4 heteroatoms. The molecule has 0 fully saturated rings. The van der Waals surface area contributed by atoms with Crippen molar-refractivity contribution in [2.45, 2.75) is 6.54 Å². The highest BCUT2D eigenvalue weighted by Gasteiger charge is 2.14. The average molecular weight is 346 g/mol. The van der Waals surface area contributed by atoms with Gasteiger partial charge in [0.25, 0.3) is 0 Å². The van der Waals surface area contributed by atoms with Crippen LogP contribution in [0.2, 0.25) is 0 Å². The number of anilines is 1. The molecule has 3 aromatic carbocycles. The predicted molar refractivity (Wildman–Crippen MR) is 96.3 cm³/mol. The zero-order valence-corrected chi connectivity index (χ0v) is 14.2. The molecule has 1 heterocycles. The summed E-state index contributed by atoms with van der Waals surface area (Å²) in [6, 6.07) is 24.8. The topological polar surface area (TPSA) is 53.7 Å². The number of rotatable bonds is 2. The summed E-state index contributed by atoms with van der Waals surface area (Å²) < 4.78 is 2.15. The number of fused-ring (bicyclic) bond motifs is 2. The van der Waals surface area contributed by atoms with Gasteiger partial charge in [-0.15, -0.1) is 0 Å². The lowest BCUT2D eigenvalue weighted by Gasteiger charge is -2.06. The molecule has 1 aromatic heterocycles. The Morgan fingerprint density at radius 3 is 2.52 bits per heavy atom. The minimum Gasteiger partial charge on any atom is -1.00 e. The number of halogens is 1. The van der Waals surface area contributed by atoms with Crippen LogP contribution in [0.3, 0.4) is 0 Å². The molecule has 0 amide bonds. The van der Waals surface area contributed by atoms with Gasteiger partial charge in [-0.05, 0) is 29.0 Å². The van der Waals surface area contributed by atoms with Crippen molar-refractivity contribution >= 4 is 27.4 Å². The maximum Gasteiger partial charge on any atom is 0.214 e. The van der Waals surface area contributed by atoms with Crippen LogP contribution in [0.15, 0.2) is 72.9 Å². The number of nitrogen functional groups attached to an aromatic ring is 1. The first-order valence-corrected chi connectivity index (χ1v) is 7.85. The van der Waals surface area contributed by atoms with Gasteiger partial charge in [0.05, 0.1) is 16.6 Å². The number of nitrogens with two attached hydrogens (primary N) is 1. The van der Waals surface area contributed by atoms with Crippen LogP contribution >= 0.6 is 0 Å². The smallest absolute Gasteiger partial charge is 0.214 e. The van der Waals surface area contributed by atoms with Crippen molar-refractivity contribution in [3.8, 4) is 6.07 Å². The Hall–Kier alpha value is -3.09. The molecule has 0 bridgehead atoms. The molecule has 122 valence electrons. The van der Waals surface area contributed by atoms with E-state index >= 15 is 0 Å². The minimum atomic E-state index is 0. The van der Waals surface area contributed by atoms with Crippen molar-refractivity contribution in [3.63, 3.8) is 0 Å². The molecule has 25 heavy (non-hydrogen) atoms. The minimum absolute atomic E-state index is 0. The molecular formula is C21H16ClN3. The van der Waals surface area contributed by atoms with E-state index in [1.54, 1.807) is 6.07 Å². The number of nitrogens with zero attached hydrogens (tertiary/aromatic N) is 2. The molecule has 4 aromatic rings. The number of pyridine rings is 1. The third-order valence-corrected chi connectivity index (χ3v) is 4.37. The summed E-state index contributed by atoms with van der Waals surface area (Å²) in [5.41, 5.74) is 9.23. The van der Waals surface area contributed by atoms with E-state index in [0.717, 1.165) is 17.4 Å². The van der Waals surface area contributed by atoms with Crippen LogP contribution in [0.5, 0.6) is 0 Å². The van der Waals surface area contributed by atoms with Crippen LogP contribution in [0, 0.1) is 11.3 Å². The van der Waals surface area contributed by atoms with E-state index in [2.05, 4.69) is 53.1 Å². The predicted octanol–water partition coefficient (Wildman–Crippen LogP) is 0.787. The summed E-state index contributed by atoms with van der Waals surface area (Å²) in [5, 5.41) is 12.7.